The average Bonchev–Trinajstić information content (AvgIpc) is 2.45. The third-order valence-corrected chi connectivity index (χ3v) is 4.25. The number of amides is 2. The van der Waals surface area contributed by atoms with E-state index in [1.54, 1.807) is 0 Å². The van der Waals surface area contributed by atoms with Gasteiger partial charge in [0.25, 0.3) is 0 Å². The van der Waals surface area contributed by atoms with Crippen molar-refractivity contribution in [2.75, 3.05) is 26.2 Å². The SMILES string of the molecule is CC[C@@H](C)CC(=O)N1CCN([C@H](C)C(=O)NC(C)C)CC1. The molecule has 0 unspecified atom stereocenters. The molecule has 5 heteroatoms. The molecule has 0 spiro atoms. The standard InChI is InChI=1S/C16H31N3O2/c1-6-13(4)11-15(20)19-9-7-18(8-10-19)14(5)16(21)17-12(2)3/h12-14H,6-11H2,1-5H3,(H,17,21)/t13-,14-/m1/s1. The van der Waals surface area contributed by atoms with E-state index in [-0.39, 0.29) is 23.9 Å². The van der Waals surface area contributed by atoms with Gasteiger partial charge in [-0.1, -0.05) is 20.3 Å². The van der Waals surface area contributed by atoms with Crippen molar-refractivity contribution in [3.8, 4) is 0 Å². The Morgan fingerprint density at radius 3 is 2.10 bits per heavy atom. The Hall–Kier alpha value is -1.10. The van der Waals surface area contributed by atoms with Crippen molar-refractivity contribution < 1.29 is 9.59 Å². The molecule has 0 saturated carbocycles. The maximum atomic E-state index is 12.2. The number of nitrogens with zero attached hydrogens (tertiary/aromatic N) is 2. The summed E-state index contributed by atoms with van der Waals surface area (Å²) in [6.07, 6.45) is 1.68. The Kier molecular flexibility index (Phi) is 7.15. The van der Waals surface area contributed by atoms with E-state index < -0.39 is 0 Å². The number of carbonyl (C=O) groups excluding carboxylic acids is 2. The number of hydrogen-bond donors (Lipinski definition) is 1. The second-order valence-corrected chi connectivity index (χ2v) is 6.47. The van der Waals surface area contributed by atoms with Gasteiger partial charge in [-0.05, 0) is 26.7 Å². The first kappa shape index (κ1) is 18.0. The minimum atomic E-state index is -0.126. The highest BCUT2D eigenvalue weighted by Gasteiger charge is 2.27. The largest absolute Gasteiger partial charge is 0.353 e. The lowest BCUT2D eigenvalue weighted by Gasteiger charge is -2.38. The molecule has 1 aliphatic rings. The predicted molar refractivity (Wildman–Crippen MR) is 85.0 cm³/mol. The van der Waals surface area contributed by atoms with Crippen molar-refractivity contribution in [3.05, 3.63) is 0 Å². The van der Waals surface area contributed by atoms with E-state index in [0.29, 0.717) is 12.3 Å². The smallest absolute Gasteiger partial charge is 0.237 e. The zero-order valence-electron chi connectivity index (χ0n) is 14.2. The summed E-state index contributed by atoms with van der Waals surface area (Å²) >= 11 is 0. The van der Waals surface area contributed by atoms with Crippen LogP contribution in [0.4, 0.5) is 0 Å². The average molecular weight is 297 g/mol. The van der Waals surface area contributed by atoms with Gasteiger partial charge in [-0.25, -0.2) is 0 Å². The van der Waals surface area contributed by atoms with Crippen LogP contribution in [-0.2, 0) is 9.59 Å². The van der Waals surface area contributed by atoms with Gasteiger partial charge in [0, 0.05) is 38.6 Å². The molecule has 0 bridgehead atoms. The molecule has 1 rings (SSSR count). The predicted octanol–water partition coefficient (Wildman–Crippen LogP) is 1.48. The topological polar surface area (TPSA) is 52.7 Å². The van der Waals surface area contributed by atoms with Crippen LogP contribution in [0.25, 0.3) is 0 Å². The zero-order chi connectivity index (χ0) is 16.0. The number of nitrogens with one attached hydrogen (secondary N) is 1. The van der Waals surface area contributed by atoms with E-state index in [1.807, 2.05) is 25.7 Å². The molecule has 0 radical (unpaired) electrons. The molecule has 0 aromatic heterocycles. The van der Waals surface area contributed by atoms with E-state index in [9.17, 15) is 9.59 Å². The number of hydrogen-bond acceptors (Lipinski definition) is 3. The fourth-order valence-electron chi connectivity index (χ4n) is 2.50. The quantitative estimate of drug-likeness (QED) is 0.808. The normalized spacial score (nSPS) is 19.4. The molecular formula is C16H31N3O2. The monoisotopic (exact) mass is 297 g/mol. The van der Waals surface area contributed by atoms with Gasteiger partial charge in [0.15, 0.2) is 0 Å². The molecule has 0 aliphatic carbocycles. The minimum Gasteiger partial charge on any atom is -0.353 e. The van der Waals surface area contributed by atoms with Crippen LogP contribution in [0.1, 0.15) is 47.5 Å². The van der Waals surface area contributed by atoms with Gasteiger partial charge in [-0.2, -0.15) is 0 Å². The van der Waals surface area contributed by atoms with Crippen LogP contribution in [0, 0.1) is 5.92 Å². The van der Waals surface area contributed by atoms with Crippen molar-refractivity contribution >= 4 is 11.8 Å². The highest BCUT2D eigenvalue weighted by atomic mass is 16.2. The Morgan fingerprint density at radius 1 is 1.05 bits per heavy atom. The summed E-state index contributed by atoms with van der Waals surface area (Å²) in [6.45, 7) is 13.1. The highest BCUT2D eigenvalue weighted by molar-refractivity contribution is 5.81. The lowest BCUT2D eigenvalue weighted by Crippen LogP contribution is -2.55. The maximum absolute atomic E-state index is 12.2. The fraction of sp³-hybridized carbons (Fsp3) is 0.875. The van der Waals surface area contributed by atoms with Crippen molar-refractivity contribution in [2.24, 2.45) is 5.92 Å². The summed E-state index contributed by atoms with van der Waals surface area (Å²) in [7, 11) is 0. The zero-order valence-corrected chi connectivity index (χ0v) is 14.2. The fourth-order valence-corrected chi connectivity index (χ4v) is 2.50. The molecule has 0 aromatic rings. The molecule has 0 aromatic carbocycles. The number of piperazine rings is 1. The van der Waals surface area contributed by atoms with Gasteiger partial charge >= 0.3 is 0 Å². The molecule has 21 heavy (non-hydrogen) atoms. The van der Waals surface area contributed by atoms with Crippen LogP contribution in [0.5, 0.6) is 0 Å². The minimum absolute atomic E-state index is 0.0735. The lowest BCUT2D eigenvalue weighted by atomic mass is 10.0. The first-order valence-electron chi connectivity index (χ1n) is 8.17. The molecule has 1 fully saturated rings. The molecular weight excluding hydrogens is 266 g/mol. The summed E-state index contributed by atoms with van der Waals surface area (Å²) in [4.78, 5) is 28.3. The van der Waals surface area contributed by atoms with Crippen LogP contribution >= 0.6 is 0 Å². The van der Waals surface area contributed by atoms with Gasteiger partial charge in [0.05, 0.1) is 6.04 Å². The summed E-state index contributed by atoms with van der Waals surface area (Å²) in [5.41, 5.74) is 0. The van der Waals surface area contributed by atoms with Gasteiger partial charge < -0.3 is 10.2 Å². The molecule has 2 amide bonds. The molecule has 5 nitrogen and oxygen atoms in total. The summed E-state index contributed by atoms with van der Waals surface area (Å²) in [5.74, 6) is 0.777. The van der Waals surface area contributed by atoms with Crippen LogP contribution in [-0.4, -0.2) is 59.9 Å². The van der Waals surface area contributed by atoms with Gasteiger partial charge in [0.1, 0.15) is 0 Å². The van der Waals surface area contributed by atoms with Crippen LogP contribution < -0.4 is 5.32 Å². The molecule has 1 saturated heterocycles. The van der Waals surface area contributed by atoms with E-state index in [1.165, 1.54) is 0 Å². The highest BCUT2D eigenvalue weighted by Crippen LogP contribution is 2.12. The molecule has 2 atom stereocenters. The summed E-state index contributed by atoms with van der Waals surface area (Å²) < 4.78 is 0. The van der Waals surface area contributed by atoms with Gasteiger partial charge in [-0.3, -0.25) is 14.5 Å². The van der Waals surface area contributed by atoms with E-state index in [2.05, 4.69) is 24.1 Å². The third kappa shape index (κ3) is 5.65. The molecule has 1 aliphatic heterocycles. The molecule has 1 N–H and O–H groups in total. The number of carbonyl (C=O) groups is 2. The van der Waals surface area contributed by atoms with Crippen molar-refractivity contribution in [3.63, 3.8) is 0 Å². The summed E-state index contributed by atoms with van der Waals surface area (Å²) in [6, 6.07) is 0.0394. The van der Waals surface area contributed by atoms with E-state index in [4.69, 9.17) is 0 Å². The molecule has 122 valence electrons. The Labute approximate surface area is 129 Å². The second kappa shape index (κ2) is 8.37. The Balaban J connectivity index is 2.41. The molecule has 1 heterocycles. The number of rotatable bonds is 6. The Bertz CT molecular complexity index is 349. The van der Waals surface area contributed by atoms with E-state index in [0.717, 1.165) is 32.6 Å². The maximum Gasteiger partial charge on any atom is 0.237 e. The van der Waals surface area contributed by atoms with Crippen LogP contribution in [0.2, 0.25) is 0 Å². The van der Waals surface area contributed by atoms with Gasteiger partial charge in [-0.15, -0.1) is 0 Å². The van der Waals surface area contributed by atoms with Crippen molar-refractivity contribution in [1.82, 2.24) is 15.1 Å². The first-order chi connectivity index (χ1) is 9.85. The van der Waals surface area contributed by atoms with Crippen LogP contribution in [0.3, 0.4) is 0 Å². The Morgan fingerprint density at radius 2 is 1.62 bits per heavy atom. The van der Waals surface area contributed by atoms with Crippen molar-refractivity contribution in [1.29, 1.82) is 0 Å². The lowest BCUT2D eigenvalue weighted by molar-refractivity contribution is -0.135. The van der Waals surface area contributed by atoms with E-state index >= 15 is 0 Å². The van der Waals surface area contributed by atoms with Crippen LogP contribution in [0.15, 0.2) is 0 Å². The summed E-state index contributed by atoms with van der Waals surface area (Å²) in [5, 5.41) is 2.95. The van der Waals surface area contributed by atoms with Crippen molar-refractivity contribution in [2.45, 2.75) is 59.5 Å². The van der Waals surface area contributed by atoms with Gasteiger partial charge in [0.2, 0.25) is 11.8 Å². The third-order valence-electron chi connectivity index (χ3n) is 4.25. The second-order valence-electron chi connectivity index (χ2n) is 6.47. The first-order valence-corrected chi connectivity index (χ1v) is 8.17.